The van der Waals surface area contributed by atoms with Crippen LogP contribution in [0.25, 0.3) is 0 Å². The van der Waals surface area contributed by atoms with E-state index in [0.717, 1.165) is 25.7 Å². The fourth-order valence-electron chi connectivity index (χ4n) is 3.75. The number of likely N-dealkylation sites (tertiary alicyclic amines) is 1. The van der Waals surface area contributed by atoms with E-state index in [0.29, 0.717) is 30.4 Å². The summed E-state index contributed by atoms with van der Waals surface area (Å²) in [4.78, 5) is 32.6. The predicted octanol–water partition coefficient (Wildman–Crippen LogP) is 2.23. The van der Waals surface area contributed by atoms with Crippen molar-refractivity contribution < 1.29 is 18.8 Å². The Balaban J connectivity index is 1.41. The van der Waals surface area contributed by atoms with Gasteiger partial charge in [0.15, 0.2) is 0 Å². The van der Waals surface area contributed by atoms with Crippen LogP contribution in [0.3, 0.4) is 0 Å². The van der Waals surface area contributed by atoms with E-state index >= 15 is 0 Å². The molecule has 2 fully saturated rings. The van der Waals surface area contributed by atoms with Crippen LogP contribution in [0, 0.1) is 11.7 Å². The van der Waals surface area contributed by atoms with Crippen molar-refractivity contribution in [2.75, 3.05) is 13.1 Å². The molecule has 0 spiro atoms. The van der Waals surface area contributed by atoms with Gasteiger partial charge in [-0.2, -0.15) is 0 Å². The first-order valence-electron chi connectivity index (χ1n) is 9.56. The number of amides is 2. The molecule has 2 atom stereocenters. The number of nitrogens with one attached hydrogen (secondary N) is 1. The fourth-order valence-corrected chi connectivity index (χ4v) is 3.75. The Bertz CT molecular complexity index is 792. The zero-order chi connectivity index (χ0) is 19.0. The van der Waals surface area contributed by atoms with Crippen LogP contribution in [0.15, 0.2) is 29.4 Å². The molecule has 1 N–H and O–H groups in total. The number of oxime groups is 1. The lowest BCUT2D eigenvalue weighted by Gasteiger charge is -2.35. The van der Waals surface area contributed by atoms with Gasteiger partial charge in [0.05, 0.1) is 11.6 Å². The summed E-state index contributed by atoms with van der Waals surface area (Å²) in [5.41, 5.74) is -0.370. The Morgan fingerprint density at radius 2 is 2.07 bits per heavy atom. The van der Waals surface area contributed by atoms with E-state index in [9.17, 15) is 14.0 Å². The summed E-state index contributed by atoms with van der Waals surface area (Å²) in [7, 11) is 0. The number of rotatable bonds is 4. The van der Waals surface area contributed by atoms with Gasteiger partial charge >= 0.3 is 0 Å². The molecule has 3 aliphatic rings. The number of hydrogen-bond acceptors (Lipinski definition) is 4. The molecule has 2 amide bonds. The van der Waals surface area contributed by atoms with Crippen LogP contribution < -0.4 is 5.32 Å². The topological polar surface area (TPSA) is 71.0 Å². The molecule has 2 heterocycles. The smallest absolute Gasteiger partial charge is 0.269 e. The van der Waals surface area contributed by atoms with E-state index in [4.69, 9.17) is 4.84 Å². The van der Waals surface area contributed by atoms with Gasteiger partial charge < -0.3 is 15.1 Å². The summed E-state index contributed by atoms with van der Waals surface area (Å²) in [5.74, 6) is -0.719. The Kier molecular flexibility index (Phi) is 4.61. The molecular formula is C20H24FN3O3. The van der Waals surface area contributed by atoms with Crippen molar-refractivity contribution in [3.8, 4) is 0 Å². The lowest BCUT2D eigenvalue weighted by molar-refractivity contribution is -0.155. The zero-order valence-corrected chi connectivity index (χ0v) is 15.4. The summed E-state index contributed by atoms with van der Waals surface area (Å²) in [6, 6.07) is 6.65. The number of nitrogens with zero attached hydrogens (tertiary/aromatic N) is 2. The van der Waals surface area contributed by atoms with Crippen LogP contribution in [0.4, 0.5) is 4.39 Å². The molecule has 0 unspecified atom stereocenters. The fraction of sp³-hybridized carbons (Fsp3) is 0.550. The normalized spacial score (nSPS) is 27.7. The van der Waals surface area contributed by atoms with Crippen molar-refractivity contribution in [1.82, 2.24) is 10.2 Å². The molecule has 1 aromatic carbocycles. The Hall–Kier alpha value is -2.44. The number of carbonyl (C=O) groups is 2. The van der Waals surface area contributed by atoms with Gasteiger partial charge in [0.25, 0.3) is 5.91 Å². The van der Waals surface area contributed by atoms with Gasteiger partial charge in [0.2, 0.25) is 11.5 Å². The van der Waals surface area contributed by atoms with Crippen LogP contribution >= 0.6 is 0 Å². The first-order chi connectivity index (χ1) is 13.0. The minimum Gasteiger partial charge on any atom is -0.379 e. The maximum absolute atomic E-state index is 14.0. The average Bonchev–Trinajstić information content (AvgIpc) is 3.40. The van der Waals surface area contributed by atoms with E-state index in [2.05, 4.69) is 10.5 Å². The molecule has 1 saturated heterocycles. The SMILES string of the molecule is C[C@]1(C(=O)N2CCC[C@@H](C(=O)NC3CC3)C2)CC(c2ccccc2F)=NO1. The zero-order valence-electron chi connectivity index (χ0n) is 15.4. The highest BCUT2D eigenvalue weighted by Gasteiger charge is 2.46. The Labute approximate surface area is 157 Å². The first-order valence-corrected chi connectivity index (χ1v) is 9.56. The van der Waals surface area contributed by atoms with Crippen molar-refractivity contribution in [1.29, 1.82) is 0 Å². The number of benzene rings is 1. The van der Waals surface area contributed by atoms with Crippen molar-refractivity contribution in [2.24, 2.45) is 11.1 Å². The van der Waals surface area contributed by atoms with Crippen molar-refractivity contribution in [2.45, 2.75) is 50.7 Å². The highest BCUT2D eigenvalue weighted by molar-refractivity contribution is 6.05. The summed E-state index contributed by atoms with van der Waals surface area (Å²) < 4.78 is 14.0. The van der Waals surface area contributed by atoms with E-state index in [1.807, 2.05) is 0 Å². The molecule has 0 radical (unpaired) electrons. The van der Waals surface area contributed by atoms with Gasteiger partial charge in [-0.3, -0.25) is 9.59 Å². The van der Waals surface area contributed by atoms with E-state index < -0.39 is 5.60 Å². The Morgan fingerprint density at radius 3 is 2.81 bits per heavy atom. The third-order valence-corrected chi connectivity index (χ3v) is 5.50. The molecule has 1 aliphatic carbocycles. The van der Waals surface area contributed by atoms with Crippen LogP contribution in [-0.4, -0.2) is 47.2 Å². The summed E-state index contributed by atoms with van der Waals surface area (Å²) >= 11 is 0. The van der Waals surface area contributed by atoms with Gasteiger partial charge in [-0.1, -0.05) is 23.4 Å². The molecular weight excluding hydrogens is 349 g/mol. The van der Waals surface area contributed by atoms with E-state index in [-0.39, 0.29) is 30.0 Å². The van der Waals surface area contributed by atoms with Gasteiger partial charge in [-0.25, -0.2) is 4.39 Å². The Morgan fingerprint density at radius 1 is 1.30 bits per heavy atom. The number of hydrogen-bond donors (Lipinski definition) is 1. The summed E-state index contributed by atoms with van der Waals surface area (Å²) in [5, 5.41) is 7.01. The first kappa shape index (κ1) is 17.9. The minimum atomic E-state index is -1.16. The standard InChI is InChI=1S/C20H24FN3O3/c1-20(11-17(23-27-20)15-6-2-3-7-16(15)21)19(26)24-10-4-5-13(12-24)18(25)22-14-8-9-14/h2-3,6-7,13-14H,4-5,8-12H2,1H3,(H,22,25)/t13-,20-/m1/s1. The van der Waals surface area contributed by atoms with E-state index in [1.165, 1.54) is 6.07 Å². The second kappa shape index (κ2) is 6.94. The van der Waals surface area contributed by atoms with Gasteiger partial charge in [0.1, 0.15) is 5.82 Å². The highest BCUT2D eigenvalue weighted by Crippen LogP contribution is 2.31. The molecule has 6 nitrogen and oxygen atoms in total. The molecule has 0 bridgehead atoms. The van der Waals surface area contributed by atoms with Crippen LogP contribution in [0.2, 0.25) is 0 Å². The summed E-state index contributed by atoms with van der Waals surface area (Å²) in [6.07, 6.45) is 3.87. The molecule has 144 valence electrons. The van der Waals surface area contributed by atoms with Gasteiger partial charge in [-0.05, 0) is 38.7 Å². The number of piperidine rings is 1. The maximum Gasteiger partial charge on any atom is 0.269 e. The maximum atomic E-state index is 14.0. The molecule has 7 heteroatoms. The predicted molar refractivity (Wildman–Crippen MR) is 97.5 cm³/mol. The molecule has 2 aliphatic heterocycles. The van der Waals surface area contributed by atoms with Crippen molar-refractivity contribution >= 4 is 17.5 Å². The second-order valence-corrected chi connectivity index (χ2v) is 7.89. The second-order valence-electron chi connectivity index (χ2n) is 7.89. The third-order valence-electron chi connectivity index (χ3n) is 5.50. The van der Waals surface area contributed by atoms with E-state index in [1.54, 1.807) is 30.0 Å². The highest BCUT2D eigenvalue weighted by atomic mass is 19.1. The van der Waals surface area contributed by atoms with Gasteiger partial charge in [-0.15, -0.1) is 0 Å². The lowest BCUT2D eigenvalue weighted by Crippen LogP contribution is -2.53. The monoisotopic (exact) mass is 373 g/mol. The average molecular weight is 373 g/mol. The molecule has 1 saturated carbocycles. The van der Waals surface area contributed by atoms with Crippen LogP contribution in [0.1, 0.15) is 44.6 Å². The lowest BCUT2D eigenvalue weighted by atomic mass is 9.91. The molecule has 4 rings (SSSR count). The minimum absolute atomic E-state index is 0.0378. The quantitative estimate of drug-likeness (QED) is 0.880. The third kappa shape index (κ3) is 3.68. The van der Waals surface area contributed by atoms with Crippen molar-refractivity contribution in [3.05, 3.63) is 35.6 Å². The molecule has 27 heavy (non-hydrogen) atoms. The largest absolute Gasteiger partial charge is 0.379 e. The number of carbonyl (C=O) groups excluding carboxylic acids is 2. The summed E-state index contributed by atoms with van der Waals surface area (Å²) in [6.45, 7) is 2.67. The van der Waals surface area contributed by atoms with Crippen LogP contribution in [-0.2, 0) is 14.4 Å². The number of halogens is 1. The molecule has 1 aromatic rings. The molecule has 0 aromatic heterocycles. The van der Waals surface area contributed by atoms with Crippen LogP contribution in [0.5, 0.6) is 0 Å². The van der Waals surface area contributed by atoms with Crippen molar-refractivity contribution in [3.63, 3.8) is 0 Å². The van der Waals surface area contributed by atoms with Gasteiger partial charge in [0, 0.05) is 31.1 Å².